The number of hydrogen-bond donors (Lipinski definition) is 0. The van der Waals surface area contributed by atoms with Gasteiger partial charge in [0.15, 0.2) is 0 Å². The Hall–Kier alpha value is -2.47. The average Bonchev–Trinajstić information content (AvgIpc) is 2.55. The summed E-state index contributed by atoms with van der Waals surface area (Å²) in [6.45, 7) is 3.58. The fraction of sp³-hybridized carbons (Fsp3) is 0.278. The molecular formula is C18H20N2O. The van der Waals surface area contributed by atoms with E-state index in [9.17, 15) is 0 Å². The van der Waals surface area contributed by atoms with Gasteiger partial charge in [-0.15, -0.1) is 0 Å². The number of rotatable bonds is 6. The van der Waals surface area contributed by atoms with Crippen LogP contribution >= 0.6 is 0 Å². The lowest BCUT2D eigenvalue weighted by molar-refractivity contribution is 0.326. The first-order valence-corrected chi connectivity index (χ1v) is 7.16. The van der Waals surface area contributed by atoms with Gasteiger partial charge < -0.3 is 9.64 Å². The molecule has 0 unspecified atom stereocenters. The Morgan fingerprint density at radius 2 is 1.71 bits per heavy atom. The van der Waals surface area contributed by atoms with Crippen LogP contribution in [0.5, 0.6) is 5.75 Å². The topological polar surface area (TPSA) is 36.3 Å². The Morgan fingerprint density at radius 3 is 2.29 bits per heavy atom. The molecule has 0 radical (unpaired) electrons. The zero-order valence-corrected chi connectivity index (χ0v) is 12.5. The van der Waals surface area contributed by atoms with E-state index in [-0.39, 0.29) is 0 Å². The lowest BCUT2D eigenvalue weighted by atomic mass is 10.1. The molecule has 2 aromatic carbocycles. The van der Waals surface area contributed by atoms with E-state index in [1.165, 1.54) is 11.3 Å². The number of ether oxygens (including phenoxy) is 1. The zero-order chi connectivity index (χ0) is 15.1. The minimum absolute atomic E-state index is 0.609. The van der Waals surface area contributed by atoms with Crippen molar-refractivity contribution in [2.45, 2.75) is 13.3 Å². The van der Waals surface area contributed by atoms with Crippen molar-refractivity contribution in [2.24, 2.45) is 0 Å². The number of benzene rings is 2. The van der Waals surface area contributed by atoms with E-state index >= 15 is 0 Å². The van der Waals surface area contributed by atoms with E-state index in [4.69, 9.17) is 10.00 Å². The minimum Gasteiger partial charge on any atom is -0.492 e. The van der Waals surface area contributed by atoms with Crippen molar-refractivity contribution < 1.29 is 4.74 Å². The first-order chi connectivity index (χ1) is 10.2. The van der Waals surface area contributed by atoms with Crippen LogP contribution in [0, 0.1) is 11.3 Å². The van der Waals surface area contributed by atoms with Gasteiger partial charge in [0.25, 0.3) is 0 Å². The molecule has 0 aliphatic carbocycles. The summed E-state index contributed by atoms with van der Waals surface area (Å²) in [7, 11) is 2.06. The van der Waals surface area contributed by atoms with Gasteiger partial charge in [0, 0.05) is 12.7 Å². The largest absolute Gasteiger partial charge is 0.492 e. The molecule has 0 aliphatic rings. The fourth-order valence-corrected chi connectivity index (χ4v) is 2.04. The van der Waals surface area contributed by atoms with Gasteiger partial charge in [-0.2, -0.15) is 5.26 Å². The second kappa shape index (κ2) is 7.35. The molecule has 0 saturated carbocycles. The zero-order valence-electron chi connectivity index (χ0n) is 12.5. The summed E-state index contributed by atoms with van der Waals surface area (Å²) in [5.74, 6) is 0.795. The van der Waals surface area contributed by atoms with Gasteiger partial charge in [0.1, 0.15) is 12.4 Å². The number of nitrogens with zero attached hydrogens (tertiary/aromatic N) is 2. The predicted molar refractivity (Wildman–Crippen MR) is 85.7 cm³/mol. The Kier molecular flexibility index (Phi) is 5.22. The molecule has 0 heterocycles. The Balaban J connectivity index is 1.82. The monoisotopic (exact) mass is 280 g/mol. The van der Waals surface area contributed by atoms with E-state index in [2.05, 4.69) is 49.2 Å². The Labute approximate surface area is 126 Å². The first-order valence-electron chi connectivity index (χ1n) is 7.16. The summed E-state index contributed by atoms with van der Waals surface area (Å²) >= 11 is 0. The summed E-state index contributed by atoms with van der Waals surface area (Å²) < 4.78 is 5.69. The van der Waals surface area contributed by atoms with Crippen LogP contribution in [-0.2, 0) is 6.42 Å². The molecule has 108 valence electrons. The van der Waals surface area contributed by atoms with E-state index in [1.54, 1.807) is 12.1 Å². The second-order valence-corrected chi connectivity index (χ2v) is 4.93. The van der Waals surface area contributed by atoms with Crippen LogP contribution in [-0.4, -0.2) is 20.2 Å². The number of aryl methyl sites for hydroxylation is 1. The van der Waals surface area contributed by atoms with E-state index in [0.29, 0.717) is 12.2 Å². The molecule has 0 bridgehead atoms. The van der Waals surface area contributed by atoms with Crippen molar-refractivity contribution in [3.05, 3.63) is 59.7 Å². The number of anilines is 1. The maximum Gasteiger partial charge on any atom is 0.119 e. The maximum atomic E-state index is 8.74. The predicted octanol–water partition coefficient (Wildman–Crippen LogP) is 3.64. The van der Waals surface area contributed by atoms with E-state index in [1.807, 2.05) is 12.1 Å². The van der Waals surface area contributed by atoms with Gasteiger partial charge in [-0.1, -0.05) is 19.1 Å². The average molecular weight is 280 g/mol. The van der Waals surface area contributed by atoms with Crippen molar-refractivity contribution in [2.75, 3.05) is 25.1 Å². The summed E-state index contributed by atoms with van der Waals surface area (Å²) in [4.78, 5) is 2.17. The highest BCUT2D eigenvalue weighted by molar-refractivity contribution is 5.46. The third kappa shape index (κ3) is 4.25. The van der Waals surface area contributed by atoms with E-state index < -0.39 is 0 Å². The van der Waals surface area contributed by atoms with Crippen LogP contribution in [0.1, 0.15) is 18.1 Å². The van der Waals surface area contributed by atoms with Crippen LogP contribution in [0.4, 0.5) is 5.69 Å². The van der Waals surface area contributed by atoms with Crippen molar-refractivity contribution in [3.8, 4) is 11.8 Å². The van der Waals surface area contributed by atoms with Crippen molar-refractivity contribution in [3.63, 3.8) is 0 Å². The molecule has 0 atom stereocenters. The summed E-state index contributed by atoms with van der Waals surface area (Å²) in [6, 6.07) is 17.9. The van der Waals surface area contributed by atoms with Crippen LogP contribution in [0.3, 0.4) is 0 Å². The molecule has 0 aliphatic heterocycles. The smallest absolute Gasteiger partial charge is 0.119 e. The van der Waals surface area contributed by atoms with Crippen LogP contribution in [0.25, 0.3) is 0 Å². The molecule has 0 spiro atoms. The lowest BCUT2D eigenvalue weighted by Crippen LogP contribution is -2.23. The summed E-state index contributed by atoms with van der Waals surface area (Å²) in [5, 5.41) is 8.74. The molecule has 3 heteroatoms. The number of nitriles is 1. The highest BCUT2D eigenvalue weighted by Gasteiger charge is 2.01. The molecule has 0 N–H and O–H groups in total. The molecule has 21 heavy (non-hydrogen) atoms. The van der Waals surface area contributed by atoms with Gasteiger partial charge in [-0.25, -0.2) is 0 Å². The molecule has 3 nitrogen and oxygen atoms in total. The quantitative estimate of drug-likeness (QED) is 0.810. The van der Waals surface area contributed by atoms with Crippen LogP contribution in [0.15, 0.2) is 48.5 Å². The third-order valence-electron chi connectivity index (χ3n) is 3.46. The normalized spacial score (nSPS) is 9.95. The Morgan fingerprint density at radius 1 is 1.05 bits per heavy atom. The highest BCUT2D eigenvalue weighted by atomic mass is 16.5. The third-order valence-corrected chi connectivity index (χ3v) is 3.46. The van der Waals surface area contributed by atoms with Gasteiger partial charge >= 0.3 is 0 Å². The van der Waals surface area contributed by atoms with Crippen LogP contribution in [0.2, 0.25) is 0 Å². The molecule has 2 rings (SSSR count). The SMILES string of the molecule is CCc1ccc(N(C)CCOc2ccc(C#N)cc2)cc1. The molecule has 0 aromatic heterocycles. The van der Waals surface area contributed by atoms with Gasteiger partial charge in [-0.3, -0.25) is 0 Å². The van der Waals surface area contributed by atoms with Crippen molar-refractivity contribution in [1.29, 1.82) is 5.26 Å². The second-order valence-electron chi connectivity index (χ2n) is 4.93. The highest BCUT2D eigenvalue weighted by Crippen LogP contribution is 2.15. The molecule has 0 amide bonds. The summed E-state index contributed by atoms with van der Waals surface area (Å²) in [6.07, 6.45) is 1.06. The summed E-state index contributed by atoms with van der Waals surface area (Å²) in [5.41, 5.74) is 3.19. The number of likely N-dealkylation sites (N-methyl/N-ethyl adjacent to an activating group) is 1. The number of hydrogen-bond acceptors (Lipinski definition) is 3. The van der Waals surface area contributed by atoms with Gasteiger partial charge in [0.05, 0.1) is 18.2 Å². The molecular weight excluding hydrogens is 260 g/mol. The molecule has 0 saturated heterocycles. The lowest BCUT2D eigenvalue weighted by Gasteiger charge is -2.19. The molecule has 0 fully saturated rings. The molecule has 2 aromatic rings. The van der Waals surface area contributed by atoms with Gasteiger partial charge in [0.2, 0.25) is 0 Å². The van der Waals surface area contributed by atoms with Crippen LogP contribution < -0.4 is 9.64 Å². The Bertz CT molecular complexity index is 597. The minimum atomic E-state index is 0.609. The van der Waals surface area contributed by atoms with Crippen molar-refractivity contribution >= 4 is 5.69 Å². The van der Waals surface area contributed by atoms with E-state index in [0.717, 1.165) is 18.7 Å². The van der Waals surface area contributed by atoms with Gasteiger partial charge in [-0.05, 0) is 48.4 Å². The first kappa shape index (κ1) is 14.9. The van der Waals surface area contributed by atoms with Crippen molar-refractivity contribution in [1.82, 2.24) is 0 Å². The fourth-order valence-electron chi connectivity index (χ4n) is 2.04. The maximum absolute atomic E-state index is 8.74. The standard InChI is InChI=1S/C18H20N2O/c1-3-15-4-8-17(9-5-15)20(2)12-13-21-18-10-6-16(14-19)7-11-18/h4-11H,3,12-13H2,1-2H3.